The molecule has 1 heterocycles. The van der Waals surface area contributed by atoms with Crippen molar-refractivity contribution < 1.29 is 18.3 Å². The minimum atomic E-state index is -2.41. The first-order valence-electron chi connectivity index (χ1n) is 3.52. The van der Waals surface area contributed by atoms with Crippen molar-refractivity contribution >= 4 is 28.7 Å². The number of amides is 1. The average Bonchev–Trinajstić information content (AvgIpc) is 2.28. The van der Waals surface area contributed by atoms with Gasteiger partial charge < -0.3 is 4.74 Å². The number of thiazole rings is 1. The molecule has 1 aromatic rings. The molecule has 0 aliphatic rings. The third-order valence-corrected chi connectivity index (χ3v) is 2.51. The minimum Gasteiger partial charge on any atom is -0.396 e. The van der Waals surface area contributed by atoms with Gasteiger partial charge in [-0.1, -0.05) is 11.3 Å². The van der Waals surface area contributed by atoms with Crippen LogP contribution < -0.4 is 9.46 Å². The highest BCUT2D eigenvalue weighted by Gasteiger charge is 2.12. The molecule has 1 rings (SSSR count). The smallest absolute Gasteiger partial charge is 0.396 e. The number of nitrogens with one attached hydrogen (secondary N) is 1. The molecule has 14 heavy (non-hydrogen) atoms. The van der Waals surface area contributed by atoms with E-state index in [1.165, 1.54) is 11.3 Å². The van der Waals surface area contributed by atoms with E-state index >= 15 is 0 Å². The second kappa shape index (κ2) is 4.49. The molecule has 2 N–H and O–H groups in total. The van der Waals surface area contributed by atoms with E-state index in [-0.39, 0.29) is 0 Å². The van der Waals surface area contributed by atoms with Gasteiger partial charge in [-0.25, -0.2) is 18.7 Å². The molecule has 0 spiro atoms. The zero-order valence-corrected chi connectivity index (χ0v) is 9.07. The lowest BCUT2D eigenvalue weighted by molar-refractivity contribution is 0.207. The maximum absolute atomic E-state index is 10.9. The van der Waals surface area contributed by atoms with Crippen molar-refractivity contribution in [3.05, 3.63) is 10.7 Å². The molecule has 78 valence electrons. The number of rotatable bonds is 2. The molecule has 0 saturated heterocycles. The van der Waals surface area contributed by atoms with Crippen LogP contribution in [0.4, 0.5) is 4.79 Å². The van der Waals surface area contributed by atoms with Crippen molar-refractivity contribution in [3.8, 4) is 5.06 Å². The lowest BCUT2D eigenvalue weighted by Gasteiger charge is -2.00. The number of carbonyl (C=O) groups excluding carboxylic acids is 1. The zero-order chi connectivity index (χ0) is 10.7. The van der Waals surface area contributed by atoms with Crippen molar-refractivity contribution in [1.82, 2.24) is 9.71 Å². The highest BCUT2D eigenvalue weighted by molar-refractivity contribution is 7.77. The molecule has 0 fully saturated rings. The van der Waals surface area contributed by atoms with E-state index in [0.29, 0.717) is 10.8 Å². The summed E-state index contributed by atoms with van der Waals surface area (Å²) in [6.45, 7) is 3.45. The highest BCUT2D eigenvalue weighted by atomic mass is 32.2. The molecule has 0 saturated carbocycles. The third-order valence-electron chi connectivity index (χ3n) is 1.22. The van der Waals surface area contributed by atoms with Crippen LogP contribution in [0.2, 0.25) is 0 Å². The summed E-state index contributed by atoms with van der Waals surface area (Å²) in [6, 6.07) is 0. The molecule has 0 bridgehead atoms. The molecule has 1 unspecified atom stereocenters. The lowest BCUT2D eigenvalue weighted by Crippen LogP contribution is -2.28. The van der Waals surface area contributed by atoms with E-state index in [1.54, 1.807) is 18.6 Å². The van der Waals surface area contributed by atoms with Gasteiger partial charge in [-0.05, 0) is 13.8 Å². The van der Waals surface area contributed by atoms with Crippen molar-refractivity contribution in [1.29, 1.82) is 0 Å². The number of aryl methyl sites for hydroxylation is 2. The normalized spacial score (nSPS) is 12.2. The van der Waals surface area contributed by atoms with Gasteiger partial charge in [0.25, 0.3) is 11.3 Å². The molecule has 1 aromatic heterocycles. The quantitative estimate of drug-likeness (QED) is 0.747. The molecule has 8 heteroatoms. The molecule has 6 nitrogen and oxygen atoms in total. The summed E-state index contributed by atoms with van der Waals surface area (Å²) in [7, 11) is 0. The van der Waals surface area contributed by atoms with Crippen LogP contribution in [-0.2, 0) is 11.3 Å². The summed E-state index contributed by atoms with van der Waals surface area (Å²) < 4.78 is 24.9. The van der Waals surface area contributed by atoms with Crippen LogP contribution >= 0.6 is 11.3 Å². The van der Waals surface area contributed by atoms with Crippen LogP contribution in [0.3, 0.4) is 0 Å². The van der Waals surface area contributed by atoms with E-state index in [2.05, 4.69) is 4.98 Å². The summed E-state index contributed by atoms with van der Waals surface area (Å²) in [5.41, 5.74) is 0.575. The fraction of sp³-hybridized carbons (Fsp3) is 0.333. The second-order valence-corrected chi connectivity index (χ2v) is 4.21. The van der Waals surface area contributed by atoms with Crippen LogP contribution in [0.1, 0.15) is 10.7 Å². The van der Waals surface area contributed by atoms with Gasteiger partial charge in [-0.15, -0.1) is 0 Å². The SMILES string of the molecule is Cc1nc(C)c(OC(=O)NS(=O)O)s1. The van der Waals surface area contributed by atoms with Crippen molar-refractivity contribution in [3.63, 3.8) is 0 Å². The Morgan fingerprint density at radius 1 is 1.64 bits per heavy atom. The molecule has 0 aliphatic carbocycles. The Kier molecular flexibility index (Phi) is 3.55. The summed E-state index contributed by atoms with van der Waals surface area (Å²) >= 11 is -1.21. The van der Waals surface area contributed by atoms with Gasteiger partial charge in [0.15, 0.2) is 0 Å². The fourth-order valence-corrected chi connectivity index (χ4v) is 1.73. The molecule has 1 atom stereocenters. The van der Waals surface area contributed by atoms with Crippen LogP contribution in [0.15, 0.2) is 0 Å². The van der Waals surface area contributed by atoms with Crippen molar-refractivity contribution in [2.75, 3.05) is 0 Å². The maximum Gasteiger partial charge on any atom is 0.427 e. The molecule has 0 aromatic carbocycles. The van der Waals surface area contributed by atoms with Gasteiger partial charge in [0.05, 0.1) is 10.7 Å². The standard InChI is InChI=1S/C6H8N2O4S2/c1-3-5(13-4(2)7-3)12-6(9)8-14(10)11/h1-2H3,(H,8,9)(H,10,11). The number of hydrogen-bond donors (Lipinski definition) is 2. The van der Waals surface area contributed by atoms with Gasteiger partial charge in [-0.3, -0.25) is 4.55 Å². The summed E-state index contributed by atoms with van der Waals surface area (Å²) in [5.74, 6) is 0. The van der Waals surface area contributed by atoms with Gasteiger partial charge in [0, 0.05) is 0 Å². The molecular weight excluding hydrogens is 228 g/mol. The number of aromatic nitrogens is 1. The minimum absolute atomic E-state index is 0.324. The van der Waals surface area contributed by atoms with Gasteiger partial charge >= 0.3 is 6.09 Å². The summed E-state index contributed by atoms with van der Waals surface area (Å²) in [6.07, 6.45) is -0.974. The fourth-order valence-electron chi connectivity index (χ4n) is 0.784. The van der Waals surface area contributed by atoms with Gasteiger partial charge in [0.1, 0.15) is 0 Å². The maximum atomic E-state index is 10.9. The monoisotopic (exact) mass is 236 g/mol. The van der Waals surface area contributed by atoms with Gasteiger partial charge in [-0.2, -0.15) is 0 Å². The lowest BCUT2D eigenvalue weighted by atomic mass is 10.5. The number of ether oxygens (including phenoxy) is 1. The summed E-state index contributed by atoms with van der Waals surface area (Å²) in [4.78, 5) is 14.9. The largest absolute Gasteiger partial charge is 0.427 e. The molecule has 0 radical (unpaired) electrons. The predicted octanol–water partition coefficient (Wildman–Crippen LogP) is 0.985. The highest BCUT2D eigenvalue weighted by Crippen LogP contribution is 2.25. The first-order valence-corrected chi connectivity index (χ1v) is 5.44. The Bertz CT molecular complexity index is 376. The Labute approximate surface area is 86.7 Å². The van der Waals surface area contributed by atoms with E-state index in [9.17, 15) is 9.00 Å². The van der Waals surface area contributed by atoms with Crippen molar-refractivity contribution in [2.24, 2.45) is 0 Å². The van der Waals surface area contributed by atoms with Crippen LogP contribution in [0.5, 0.6) is 5.06 Å². The van der Waals surface area contributed by atoms with E-state index in [0.717, 1.165) is 5.01 Å². The zero-order valence-electron chi connectivity index (χ0n) is 7.44. The topological polar surface area (TPSA) is 88.5 Å². The summed E-state index contributed by atoms with van der Waals surface area (Å²) in [5, 5.41) is 1.08. The third kappa shape index (κ3) is 3.05. The predicted molar refractivity (Wildman–Crippen MR) is 51.5 cm³/mol. The van der Waals surface area contributed by atoms with Crippen LogP contribution in [0.25, 0.3) is 0 Å². The van der Waals surface area contributed by atoms with E-state index in [4.69, 9.17) is 9.29 Å². The molecule has 0 aliphatic heterocycles. The Balaban J connectivity index is 2.64. The Morgan fingerprint density at radius 3 is 2.71 bits per heavy atom. The van der Waals surface area contributed by atoms with Gasteiger partial charge in [0.2, 0.25) is 5.06 Å². The number of hydrogen-bond acceptors (Lipinski definition) is 5. The Morgan fingerprint density at radius 2 is 2.29 bits per heavy atom. The van der Waals surface area contributed by atoms with Crippen LogP contribution in [-0.4, -0.2) is 19.8 Å². The first kappa shape index (κ1) is 11.1. The van der Waals surface area contributed by atoms with E-state index < -0.39 is 17.4 Å². The second-order valence-electron chi connectivity index (χ2n) is 2.35. The van der Waals surface area contributed by atoms with Crippen LogP contribution in [0, 0.1) is 13.8 Å². The number of carbonyl (C=O) groups is 1. The Hall–Kier alpha value is -0.990. The van der Waals surface area contributed by atoms with E-state index in [1.807, 2.05) is 0 Å². The van der Waals surface area contributed by atoms with Crippen molar-refractivity contribution in [2.45, 2.75) is 13.8 Å². The molecule has 1 amide bonds. The molecular formula is C6H8N2O4S2. The average molecular weight is 236 g/mol. The number of nitrogens with zero attached hydrogens (tertiary/aromatic N) is 1. The first-order chi connectivity index (χ1) is 6.49.